The molecule has 2 N–H and O–H groups in total. The van der Waals surface area contributed by atoms with Crippen LogP contribution in [0.15, 0.2) is 12.5 Å². The highest BCUT2D eigenvalue weighted by molar-refractivity contribution is 5.92. The molecule has 0 radical (unpaired) electrons. The second kappa shape index (κ2) is 9.16. The van der Waals surface area contributed by atoms with Crippen LogP contribution in [0.5, 0.6) is 0 Å². The van der Waals surface area contributed by atoms with Crippen LogP contribution < -0.4 is 10.6 Å². The van der Waals surface area contributed by atoms with E-state index >= 15 is 0 Å². The smallest absolute Gasteiger partial charge is 0.305 e. The first-order chi connectivity index (χ1) is 12.7. The molecular weight excluding hydrogens is 332 g/mol. The molecule has 1 saturated heterocycles. The zero-order valence-corrected chi connectivity index (χ0v) is 15.6. The van der Waals surface area contributed by atoms with Gasteiger partial charge in [0.05, 0.1) is 13.4 Å². The summed E-state index contributed by atoms with van der Waals surface area (Å²) in [4.78, 5) is 28.0. The van der Waals surface area contributed by atoms with E-state index < -0.39 is 0 Å². The van der Waals surface area contributed by atoms with Crippen LogP contribution in [0.1, 0.15) is 67.9 Å². The Labute approximate surface area is 154 Å². The molecule has 26 heavy (non-hydrogen) atoms. The Kier molecular flexibility index (Phi) is 6.66. The van der Waals surface area contributed by atoms with Gasteiger partial charge in [-0.2, -0.15) is 0 Å². The van der Waals surface area contributed by atoms with E-state index in [1.165, 1.54) is 7.11 Å². The number of hydrogen-bond acceptors (Lipinski definition) is 5. The number of rotatable bonds is 6. The van der Waals surface area contributed by atoms with E-state index in [1.807, 2.05) is 6.20 Å². The standard InChI is InChI=1S/C19H30N4O3/c1-26-18(24)7-4-14-2-5-15(6-3-14)22-19(25)17-12-23(13-21-17)16-8-10-20-11-9-16/h12-16,20H,2-11H2,1H3,(H,22,25). The molecule has 1 aromatic heterocycles. The summed E-state index contributed by atoms with van der Waals surface area (Å²) in [6.45, 7) is 2.03. The number of esters is 1. The minimum absolute atomic E-state index is 0.0734. The van der Waals surface area contributed by atoms with Crippen LogP contribution in [0.4, 0.5) is 0 Å². The third kappa shape index (κ3) is 5.06. The van der Waals surface area contributed by atoms with Crippen molar-refractivity contribution in [2.45, 2.75) is 63.5 Å². The fourth-order valence-corrected chi connectivity index (χ4v) is 4.04. The quantitative estimate of drug-likeness (QED) is 0.757. The molecule has 1 aliphatic carbocycles. The molecule has 0 bridgehead atoms. The van der Waals surface area contributed by atoms with Gasteiger partial charge in [-0.3, -0.25) is 9.59 Å². The summed E-state index contributed by atoms with van der Waals surface area (Å²) in [6.07, 6.45) is 11.2. The minimum atomic E-state index is -0.134. The van der Waals surface area contributed by atoms with Gasteiger partial charge in [0.15, 0.2) is 0 Å². The first-order valence-corrected chi connectivity index (χ1v) is 9.77. The monoisotopic (exact) mass is 362 g/mol. The van der Waals surface area contributed by atoms with E-state index in [0.717, 1.165) is 58.0 Å². The lowest BCUT2D eigenvalue weighted by molar-refractivity contribution is -0.141. The number of aromatic nitrogens is 2. The van der Waals surface area contributed by atoms with Gasteiger partial charge in [0.1, 0.15) is 5.69 Å². The van der Waals surface area contributed by atoms with E-state index in [0.29, 0.717) is 24.1 Å². The molecule has 7 heteroatoms. The summed E-state index contributed by atoms with van der Waals surface area (Å²) in [5.41, 5.74) is 0.511. The van der Waals surface area contributed by atoms with Gasteiger partial charge in [0.25, 0.3) is 5.91 Å². The van der Waals surface area contributed by atoms with Gasteiger partial charge in [-0.25, -0.2) is 4.98 Å². The zero-order chi connectivity index (χ0) is 18.4. The minimum Gasteiger partial charge on any atom is -0.469 e. The van der Waals surface area contributed by atoms with Crippen LogP contribution in [0.25, 0.3) is 0 Å². The fourth-order valence-electron chi connectivity index (χ4n) is 4.04. The van der Waals surface area contributed by atoms with Crippen molar-refractivity contribution >= 4 is 11.9 Å². The third-order valence-corrected chi connectivity index (χ3v) is 5.73. The molecule has 0 spiro atoms. The molecule has 0 unspecified atom stereocenters. The van der Waals surface area contributed by atoms with Crippen molar-refractivity contribution in [1.29, 1.82) is 0 Å². The normalized spacial score (nSPS) is 24.2. The van der Waals surface area contributed by atoms with Gasteiger partial charge in [0, 0.05) is 24.7 Å². The highest BCUT2D eigenvalue weighted by Gasteiger charge is 2.24. The maximum Gasteiger partial charge on any atom is 0.305 e. The van der Waals surface area contributed by atoms with Gasteiger partial charge in [0.2, 0.25) is 0 Å². The number of nitrogens with one attached hydrogen (secondary N) is 2. The number of methoxy groups -OCH3 is 1. The fraction of sp³-hybridized carbons (Fsp3) is 0.737. The van der Waals surface area contributed by atoms with Crippen molar-refractivity contribution in [3.05, 3.63) is 18.2 Å². The van der Waals surface area contributed by atoms with E-state index in [1.54, 1.807) is 6.33 Å². The number of piperidine rings is 1. The molecule has 144 valence electrons. The van der Waals surface area contributed by atoms with E-state index in [9.17, 15) is 9.59 Å². The van der Waals surface area contributed by atoms with Crippen LogP contribution in [0.3, 0.4) is 0 Å². The predicted octanol–water partition coefficient (Wildman–Crippen LogP) is 2.05. The van der Waals surface area contributed by atoms with E-state index in [2.05, 4.69) is 20.2 Å². The number of hydrogen-bond donors (Lipinski definition) is 2. The maximum absolute atomic E-state index is 12.5. The first kappa shape index (κ1) is 18.9. The molecule has 1 amide bonds. The first-order valence-electron chi connectivity index (χ1n) is 9.77. The molecule has 1 aromatic rings. The highest BCUT2D eigenvalue weighted by atomic mass is 16.5. The summed E-state index contributed by atoms with van der Waals surface area (Å²) in [5, 5.41) is 6.48. The highest BCUT2D eigenvalue weighted by Crippen LogP contribution is 2.28. The van der Waals surface area contributed by atoms with Gasteiger partial charge in [-0.15, -0.1) is 0 Å². The van der Waals surface area contributed by atoms with Crippen molar-refractivity contribution < 1.29 is 14.3 Å². The van der Waals surface area contributed by atoms with E-state index in [4.69, 9.17) is 4.74 Å². The number of nitrogens with zero attached hydrogens (tertiary/aromatic N) is 2. The van der Waals surface area contributed by atoms with Crippen LogP contribution >= 0.6 is 0 Å². The molecule has 3 rings (SSSR count). The molecule has 1 saturated carbocycles. The molecule has 7 nitrogen and oxygen atoms in total. The summed E-state index contributed by atoms with van der Waals surface area (Å²) < 4.78 is 6.78. The van der Waals surface area contributed by atoms with Crippen LogP contribution in [0.2, 0.25) is 0 Å². The summed E-state index contributed by atoms with van der Waals surface area (Å²) in [6, 6.07) is 0.649. The van der Waals surface area contributed by atoms with Gasteiger partial charge in [-0.05, 0) is 64.0 Å². The Morgan fingerprint density at radius 1 is 1.23 bits per heavy atom. The molecule has 0 aromatic carbocycles. The lowest BCUT2D eigenvalue weighted by Crippen LogP contribution is -2.37. The SMILES string of the molecule is COC(=O)CCC1CCC(NC(=O)c2cn(C3CCNCC3)cn2)CC1. The van der Waals surface area contributed by atoms with Crippen LogP contribution in [-0.4, -0.2) is 47.7 Å². The Hall–Kier alpha value is -1.89. The lowest BCUT2D eigenvalue weighted by Gasteiger charge is -2.28. The molecule has 1 aliphatic heterocycles. The Bertz CT molecular complexity index is 602. The predicted molar refractivity (Wildman–Crippen MR) is 97.8 cm³/mol. The Morgan fingerprint density at radius 3 is 2.65 bits per heavy atom. The van der Waals surface area contributed by atoms with Crippen LogP contribution in [0, 0.1) is 5.92 Å². The van der Waals surface area contributed by atoms with Crippen molar-refractivity contribution in [2.75, 3.05) is 20.2 Å². The Morgan fingerprint density at radius 2 is 1.96 bits per heavy atom. The molecular formula is C19H30N4O3. The number of imidazole rings is 1. The third-order valence-electron chi connectivity index (χ3n) is 5.73. The summed E-state index contributed by atoms with van der Waals surface area (Å²) in [7, 11) is 1.43. The van der Waals surface area contributed by atoms with Crippen molar-refractivity contribution in [3.63, 3.8) is 0 Å². The number of amides is 1. The Balaban J connectivity index is 1.43. The zero-order valence-electron chi connectivity index (χ0n) is 15.6. The largest absolute Gasteiger partial charge is 0.469 e. The van der Waals surface area contributed by atoms with Crippen molar-refractivity contribution in [2.24, 2.45) is 5.92 Å². The summed E-state index contributed by atoms with van der Waals surface area (Å²) >= 11 is 0. The second-order valence-corrected chi connectivity index (χ2v) is 7.49. The molecule has 2 heterocycles. The van der Waals surface area contributed by atoms with E-state index in [-0.39, 0.29) is 17.9 Å². The lowest BCUT2D eigenvalue weighted by atomic mass is 9.83. The van der Waals surface area contributed by atoms with Crippen LogP contribution in [-0.2, 0) is 9.53 Å². The number of carbonyl (C=O) groups excluding carboxylic acids is 2. The van der Waals surface area contributed by atoms with Gasteiger partial charge >= 0.3 is 5.97 Å². The topological polar surface area (TPSA) is 85.2 Å². The molecule has 2 aliphatic rings. The maximum atomic E-state index is 12.5. The number of carbonyl (C=O) groups is 2. The van der Waals surface area contributed by atoms with Crippen molar-refractivity contribution in [1.82, 2.24) is 20.2 Å². The second-order valence-electron chi connectivity index (χ2n) is 7.49. The van der Waals surface area contributed by atoms with Gasteiger partial charge in [-0.1, -0.05) is 0 Å². The van der Waals surface area contributed by atoms with Crippen molar-refractivity contribution in [3.8, 4) is 0 Å². The number of ether oxygens (including phenoxy) is 1. The average molecular weight is 362 g/mol. The van der Waals surface area contributed by atoms with Gasteiger partial charge < -0.3 is 19.9 Å². The summed E-state index contributed by atoms with van der Waals surface area (Å²) in [5.74, 6) is 0.349. The molecule has 0 atom stereocenters. The average Bonchev–Trinajstić information content (AvgIpc) is 3.18. The molecule has 2 fully saturated rings.